The van der Waals surface area contributed by atoms with Gasteiger partial charge < -0.3 is 9.47 Å². The predicted octanol–water partition coefficient (Wildman–Crippen LogP) is 5.75. The Balaban J connectivity index is 0.000000563. The summed E-state index contributed by atoms with van der Waals surface area (Å²) in [6.45, 7) is 10.7. The molecule has 0 saturated heterocycles. The van der Waals surface area contributed by atoms with E-state index in [1.54, 1.807) is 0 Å². The highest BCUT2D eigenvalue weighted by Crippen LogP contribution is 2.31. The van der Waals surface area contributed by atoms with Crippen LogP contribution in [0.3, 0.4) is 0 Å². The zero-order valence-electron chi connectivity index (χ0n) is 15.9. The molecular weight excluding hydrogens is 300 g/mol. The molecule has 0 heterocycles. The van der Waals surface area contributed by atoms with Crippen molar-refractivity contribution < 1.29 is 14.3 Å². The third-order valence-electron chi connectivity index (χ3n) is 3.60. The Bertz CT molecular complexity index is 566. The van der Waals surface area contributed by atoms with Gasteiger partial charge in [0.05, 0.1) is 14.2 Å². The molecule has 24 heavy (non-hydrogen) atoms. The SMILES string of the molecule is CC.COC(=O)OC.Cc1ccc(C(C)(C)c2ccccc2)cc1. The molecule has 0 N–H and O–H groups in total. The van der Waals surface area contributed by atoms with Crippen molar-refractivity contribution in [1.82, 2.24) is 0 Å². The molecule has 2 aromatic rings. The van der Waals surface area contributed by atoms with E-state index in [1.807, 2.05) is 13.8 Å². The molecular formula is C21H30O3. The van der Waals surface area contributed by atoms with Gasteiger partial charge in [0.25, 0.3) is 0 Å². The van der Waals surface area contributed by atoms with Gasteiger partial charge >= 0.3 is 6.16 Å². The molecule has 132 valence electrons. The highest BCUT2D eigenvalue weighted by atomic mass is 16.7. The van der Waals surface area contributed by atoms with Gasteiger partial charge in [-0.05, 0) is 18.1 Å². The number of carbonyl (C=O) groups excluding carboxylic acids is 1. The lowest BCUT2D eigenvalue weighted by atomic mass is 9.78. The second kappa shape index (κ2) is 11.3. The lowest BCUT2D eigenvalue weighted by Crippen LogP contribution is -2.18. The molecule has 0 saturated carbocycles. The van der Waals surface area contributed by atoms with Crippen LogP contribution in [0.4, 0.5) is 4.79 Å². The highest BCUT2D eigenvalue weighted by molar-refractivity contribution is 5.59. The largest absolute Gasteiger partial charge is 0.507 e. The van der Waals surface area contributed by atoms with Crippen LogP contribution in [-0.4, -0.2) is 20.4 Å². The maximum absolute atomic E-state index is 9.74. The van der Waals surface area contributed by atoms with Crippen molar-refractivity contribution in [3.63, 3.8) is 0 Å². The Morgan fingerprint density at radius 1 is 0.792 bits per heavy atom. The summed E-state index contributed by atoms with van der Waals surface area (Å²) in [6, 6.07) is 19.5. The van der Waals surface area contributed by atoms with Gasteiger partial charge in [-0.3, -0.25) is 0 Å². The molecule has 0 amide bonds. The smallest absolute Gasteiger partial charge is 0.438 e. The van der Waals surface area contributed by atoms with Gasteiger partial charge in [0.15, 0.2) is 0 Å². The first-order chi connectivity index (χ1) is 11.4. The molecule has 3 nitrogen and oxygen atoms in total. The first-order valence-corrected chi connectivity index (χ1v) is 8.16. The summed E-state index contributed by atoms with van der Waals surface area (Å²) in [5.41, 5.74) is 4.12. The van der Waals surface area contributed by atoms with Gasteiger partial charge in [-0.1, -0.05) is 87.9 Å². The van der Waals surface area contributed by atoms with Gasteiger partial charge in [-0.15, -0.1) is 0 Å². The molecule has 0 fully saturated rings. The Hall–Kier alpha value is -2.29. The van der Waals surface area contributed by atoms with Gasteiger partial charge in [0.2, 0.25) is 0 Å². The van der Waals surface area contributed by atoms with Crippen LogP contribution in [-0.2, 0) is 14.9 Å². The summed E-state index contributed by atoms with van der Waals surface area (Å²) >= 11 is 0. The fourth-order valence-electron chi connectivity index (χ4n) is 2.08. The first-order valence-electron chi connectivity index (χ1n) is 8.16. The summed E-state index contributed by atoms with van der Waals surface area (Å²) in [5.74, 6) is 0. The molecule has 2 aromatic carbocycles. The summed E-state index contributed by atoms with van der Waals surface area (Å²) < 4.78 is 8.08. The molecule has 0 spiro atoms. The first kappa shape index (κ1) is 21.7. The number of hydrogen-bond donors (Lipinski definition) is 0. The number of ether oxygens (including phenoxy) is 2. The number of carbonyl (C=O) groups is 1. The highest BCUT2D eigenvalue weighted by Gasteiger charge is 2.22. The summed E-state index contributed by atoms with van der Waals surface area (Å²) in [4.78, 5) is 9.74. The molecule has 0 aromatic heterocycles. The van der Waals surface area contributed by atoms with Crippen molar-refractivity contribution >= 4 is 6.16 Å². The Labute approximate surface area is 146 Å². The zero-order valence-corrected chi connectivity index (χ0v) is 15.9. The standard InChI is InChI=1S/C16H18.C3H6O3.C2H6/c1-13-9-11-15(12-10-13)16(2,3)14-7-5-4-6-8-14;1-5-3(4)6-2;1-2/h4-12H,1-3H3;1-2H3;1-2H3. The van der Waals surface area contributed by atoms with Crippen LogP contribution < -0.4 is 0 Å². The van der Waals surface area contributed by atoms with E-state index >= 15 is 0 Å². The zero-order chi connectivity index (χ0) is 18.6. The molecule has 0 aliphatic rings. The Morgan fingerprint density at radius 3 is 1.58 bits per heavy atom. The van der Waals surface area contributed by atoms with Crippen LogP contribution in [0.15, 0.2) is 54.6 Å². The maximum Gasteiger partial charge on any atom is 0.507 e. The normalized spacial score (nSPS) is 9.62. The van der Waals surface area contributed by atoms with Crippen LogP contribution >= 0.6 is 0 Å². The molecule has 0 bridgehead atoms. The van der Waals surface area contributed by atoms with Crippen molar-refractivity contribution in [2.45, 2.75) is 40.0 Å². The molecule has 3 heteroatoms. The fraction of sp³-hybridized carbons (Fsp3) is 0.381. The lowest BCUT2D eigenvalue weighted by molar-refractivity contribution is 0.0924. The van der Waals surface area contributed by atoms with Crippen LogP contribution in [0, 0.1) is 6.92 Å². The average molecular weight is 330 g/mol. The lowest BCUT2D eigenvalue weighted by Gasteiger charge is -2.26. The molecule has 2 rings (SSSR count). The number of aryl methyl sites for hydroxylation is 1. The minimum Gasteiger partial charge on any atom is -0.438 e. The maximum atomic E-state index is 9.74. The van der Waals surface area contributed by atoms with Gasteiger partial charge in [-0.2, -0.15) is 0 Å². The van der Waals surface area contributed by atoms with E-state index < -0.39 is 6.16 Å². The fourth-order valence-corrected chi connectivity index (χ4v) is 2.08. The van der Waals surface area contributed by atoms with Crippen LogP contribution in [0.1, 0.15) is 44.4 Å². The minimum absolute atomic E-state index is 0.0783. The number of hydrogen-bond acceptors (Lipinski definition) is 3. The third-order valence-corrected chi connectivity index (χ3v) is 3.60. The molecule has 0 aliphatic carbocycles. The second-order valence-electron chi connectivity index (χ2n) is 5.52. The summed E-state index contributed by atoms with van der Waals surface area (Å²) in [5, 5.41) is 0. The van der Waals surface area contributed by atoms with E-state index in [-0.39, 0.29) is 5.41 Å². The molecule has 0 radical (unpaired) electrons. The van der Waals surface area contributed by atoms with E-state index in [2.05, 4.69) is 84.8 Å². The number of benzene rings is 2. The van der Waals surface area contributed by atoms with E-state index in [9.17, 15) is 4.79 Å². The van der Waals surface area contributed by atoms with Crippen molar-refractivity contribution in [1.29, 1.82) is 0 Å². The summed E-state index contributed by atoms with van der Waals surface area (Å²) in [6.07, 6.45) is -0.657. The van der Waals surface area contributed by atoms with Crippen molar-refractivity contribution in [2.24, 2.45) is 0 Å². The minimum atomic E-state index is -0.657. The molecule has 0 unspecified atom stereocenters. The average Bonchev–Trinajstić information content (AvgIpc) is 2.64. The quantitative estimate of drug-likeness (QED) is 0.658. The van der Waals surface area contributed by atoms with Gasteiger partial charge in [-0.25, -0.2) is 4.79 Å². The van der Waals surface area contributed by atoms with E-state index in [0.29, 0.717) is 0 Å². The van der Waals surface area contributed by atoms with E-state index in [0.717, 1.165) is 0 Å². The van der Waals surface area contributed by atoms with Crippen molar-refractivity contribution in [3.8, 4) is 0 Å². The molecule has 0 aliphatic heterocycles. The number of rotatable bonds is 2. The summed E-state index contributed by atoms with van der Waals surface area (Å²) in [7, 11) is 2.51. The van der Waals surface area contributed by atoms with Crippen LogP contribution in [0.25, 0.3) is 0 Å². The number of methoxy groups -OCH3 is 2. The van der Waals surface area contributed by atoms with Crippen molar-refractivity contribution in [3.05, 3.63) is 71.3 Å². The van der Waals surface area contributed by atoms with Crippen molar-refractivity contribution in [2.75, 3.05) is 14.2 Å². The topological polar surface area (TPSA) is 35.5 Å². The monoisotopic (exact) mass is 330 g/mol. The van der Waals surface area contributed by atoms with Gasteiger partial charge in [0.1, 0.15) is 0 Å². The van der Waals surface area contributed by atoms with Gasteiger partial charge in [0, 0.05) is 5.41 Å². The van der Waals surface area contributed by atoms with E-state index in [4.69, 9.17) is 0 Å². The Kier molecular flexibility index (Phi) is 10.2. The third kappa shape index (κ3) is 6.86. The predicted molar refractivity (Wildman–Crippen MR) is 101 cm³/mol. The van der Waals surface area contributed by atoms with Crippen LogP contribution in [0.5, 0.6) is 0 Å². The Morgan fingerprint density at radius 2 is 1.21 bits per heavy atom. The molecule has 0 atom stereocenters. The van der Waals surface area contributed by atoms with Crippen LogP contribution in [0.2, 0.25) is 0 Å². The second-order valence-corrected chi connectivity index (χ2v) is 5.52. The van der Waals surface area contributed by atoms with E-state index in [1.165, 1.54) is 30.9 Å².